The van der Waals surface area contributed by atoms with Gasteiger partial charge in [-0.05, 0) is 31.7 Å². The number of rotatable bonds is 7. The smallest absolute Gasteiger partial charge is 0.451 e. The van der Waals surface area contributed by atoms with E-state index in [4.69, 9.17) is 10.5 Å². The summed E-state index contributed by atoms with van der Waals surface area (Å²) < 4.78 is 47.2. The summed E-state index contributed by atoms with van der Waals surface area (Å²) in [7, 11) is 0. The van der Waals surface area contributed by atoms with Gasteiger partial charge in [0, 0.05) is 55.1 Å². The van der Waals surface area contributed by atoms with Crippen LogP contribution in [0.2, 0.25) is 0 Å². The van der Waals surface area contributed by atoms with E-state index >= 15 is 0 Å². The number of fused-ring (bicyclic) bond motifs is 1. The van der Waals surface area contributed by atoms with E-state index in [1.807, 2.05) is 23.1 Å². The number of aromatic amines is 1. The molecule has 0 bridgehead atoms. The number of alkyl halides is 3. The molecule has 0 unspecified atom stereocenters. The van der Waals surface area contributed by atoms with Gasteiger partial charge in [0.25, 0.3) is 0 Å². The van der Waals surface area contributed by atoms with E-state index in [1.54, 1.807) is 6.20 Å². The van der Waals surface area contributed by atoms with Crippen molar-refractivity contribution in [2.45, 2.75) is 62.5 Å². The molecule has 1 aliphatic carbocycles. The van der Waals surface area contributed by atoms with Crippen molar-refractivity contribution >= 4 is 11.0 Å². The Kier molecular flexibility index (Phi) is 6.63. The highest BCUT2D eigenvalue weighted by atomic mass is 19.4. The maximum Gasteiger partial charge on any atom is 0.451 e. The number of nitrogens with two attached hydrogens (primary N) is 1. The Hall–Kier alpha value is -4.09. The predicted octanol–water partition coefficient (Wildman–Crippen LogP) is 3.40. The highest BCUT2D eigenvalue weighted by molar-refractivity contribution is 5.89. The number of ether oxygens (including phenoxy) is 1. The summed E-state index contributed by atoms with van der Waals surface area (Å²) in [5.74, 6) is -1.35. The van der Waals surface area contributed by atoms with E-state index in [0.29, 0.717) is 19.3 Å². The Balaban J connectivity index is 1.09. The molecule has 0 amide bonds. The zero-order chi connectivity index (χ0) is 27.9. The van der Waals surface area contributed by atoms with Gasteiger partial charge >= 0.3 is 6.18 Å². The number of likely N-dealkylation sites (tertiary alicyclic amines) is 1. The van der Waals surface area contributed by atoms with Crippen molar-refractivity contribution in [2.24, 2.45) is 5.73 Å². The third-order valence-electron chi connectivity index (χ3n) is 7.83. The molecule has 4 aromatic rings. The van der Waals surface area contributed by atoms with Gasteiger partial charge in [-0.3, -0.25) is 9.58 Å². The lowest BCUT2D eigenvalue weighted by atomic mass is 9.69. The lowest BCUT2D eigenvalue weighted by Crippen LogP contribution is -2.58. The van der Waals surface area contributed by atoms with Crippen molar-refractivity contribution < 1.29 is 17.9 Å². The highest BCUT2D eigenvalue weighted by Crippen LogP contribution is 2.45. The van der Waals surface area contributed by atoms with Gasteiger partial charge in [0.1, 0.15) is 18.1 Å². The second-order valence-electron chi connectivity index (χ2n) is 10.3. The van der Waals surface area contributed by atoms with Crippen LogP contribution in [0.4, 0.5) is 13.2 Å². The van der Waals surface area contributed by atoms with Crippen molar-refractivity contribution in [2.75, 3.05) is 13.1 Å². The Morgan fingerprint density at radius 1 is 1.20 bits per heavy atom. The average molecular weight is 553 g/mol. The number of hydrogen-bond donors (Lipinski definition) is 2. The number of hydrogen-bond acceptors (Lipinski definition) is 9. The van der Waals surface area contributed by atoms with Crippen LogP contribution < -0.4 is 10.5 Å². The van der Waals surface area contributed by atoms with E-state index in [0.717, 1.165) is 48.2 Å². The molecule has 2 fully saturated rings. The van der Waals surface area contributed by atoms with Gasteiger partial charge in [-0.15, -0.1) is 0 Å². The maximum absolute atomic E-state index is 13.2. The monoisotopic (exact) mass is 552 g/mol. The van der Waals surface area contributed by atoms with Gasteiger partial charge in [-0.2, -0.15) is 28.5 Å². The maximum atomic E-state index is 13.2. The third-order valence-corrected chi connectivity index (χ3v) is 7.83. The summed E-state index contributed by atoms with van der Waals surface area (Å²) in [6, 6.07) is 5.90. The third kappa shape index (κ3) is 4.86. The second kappa shape index (κ2) is 10.1. The molecule has 0 spiro atoms. The van der Waals surface area contributed by atoms with Crippen LogP contribution >= 0.6 is 0 Å². The van der Waals surface area contributed by atoms with Crippen LogP contribution in [-0.2, 0) is 18.3 Å². The van der Waals surface area contributed by atoms with Crippen molar-refractivity contribution in [1.82, 2.24) is 39.6 Å². The summed E-state index contributed by atoms with van der Waals surface area (Å²) in [4.78, 5) is 21.2. The molecule has 5 heterocycles. The molecule has 4 aromatic heterocycles. The van der Waals surface area contributed by atoms with Crippen molar-refractivity contribution in [3.8, 4) is 23.2 Å². The topological polar surface area (TPSA) is 147 Å². The molecule has 1 saturated carbocycles. The molecular weight excluding hydrogens is 525 g/mol. The summed E-state index contributed by atoms with van der Waals surface area (Å²) >= 11 is 0. The molecule has 0 radical (unpaired) electrons. The van der Waals surface area contributed by atoms with Gasteiger partial charge in [0.05, 0.1) is 35.6 Å². The van der Waals surface area contributed by atoms with Gasteiger partial charge in [-0.25, -0.2) is 15.0 Å². The van der Waals surface area contributed by atoms with Gasteiger partial charge < -0.3 is 15.5 Å². The SMILES string of the molecule is N#CCC1(n2cc(-c3ncnc4[nH]ccc34)cn2)CC(N2CCC(Oc3cc(CN)nc(C(F)(F)F)n3)CC2)C1. The quantitative estimate of drug-likeness (QED) is 0.352. The Bertz CT molecular complexity index is 1540. The molecule has 14 heteroatoms. The normalized spacial score (nSPS) is 22.2. The standard InChI is InChI=1S/C26H27F3N10O/c27-26(28,29)24-36-17(12-31)9-21(37-24)40-19-2-7-38(8-3-19)18-10-25(11-18,4-5-30)39-14-16(13-35-39)22-20-1-6-32-23(20)34-15-33-22/h1,6,9,13-15,18-19H,2-4,7-8,10-12,31H2,(H,32,33,34). The van der Waals surface area contributed by atoms with E-state index in [-0.39, 0.29) is 30.3 Å². The molecule has 0 atom stereocenters. The van der Waals surface area contributed by atoms with Crippen LogP contribution in [0, 0.1) is 11.3 Å². The van der Waals surface area contributed by atoms with E-state index in [2.05, 4.69) is 41.0 Å². The van der Waals surface area contributed by atoms with Crippen LogP contribution in [0.1, 0.15) is 43.6 Å². The molecule has 1 aliphatic heterocycles. The van der Waals surface area contributed by atoms with Crippen molar-refractivity contribution in [1.29, 1.82) is 5.26 Å². The fourth-order valence-electron chi connectivity index (χ4n) is 5.74. The minimum absolute atomic E-state index is 0.0806. The summed E-state index contributed by atoms with van der Waals surface area (Å²) in [6.45, 7) is 1.32. The number of halogens is 3. The predicted molar refractivity (Wildman–Crippen MR) is 136 cm³/mol. The average Bonchev–Trinajstić information content (AvgIpc) is 3.61. The van der Waals surface area contributed by atoms with Crippen LogP contribution in [0.25, 0.3) is 22.3 Å². The number of H-pyrrole nitrogens is 1. The number of nitrogens with zero attached hydrogens (tertiary/aromatic N) is 8. The van der Waals surface area contributed by atoms with Crippen LogP contribution in [0.15, 0.2) is 37.1 Å². The molecule has 11 nitrogen and oxygen atoms in total. The van der Waals surface area contributed by atoms with Gasteiger partial charge in [-0.1, -0.05) is 0 Å². The molecule has 1 saturated heterocycles. The summed E-state index contributed by atoms with van der Waals surface area (Å²) in [5, 5.41) is 15.1. The molecule has 2 aliphatic rings. The molecule has 6 rings (SSSR count). The Morgan fingerprint density at radius 3 is 2.73 bits per heavy atom. The van der Waals surface area contributed by atoms with Crippen LogP contribution in [0.3, 0.4) is 0 Å². The zero-order valence-corrected chi connectivity index (χ0v) is 21.5. The Morgan fingerprint density at radius 2 is 2.00 bits per heavy atom. The lowest BCUT2D eigenvalue weighted by Gasteiger charge is -2.52. The van der Waals surface area contributed by atoms with E-state index < -0.39 is 17.5 Å². The minimum Gasteiger partial charge on any atom is -0.474 e. The largest absolute Gasteiger partial charge is 0.474 e. The van der Waals surface area contributed by atoms with Crippen LogP contribution in [-0.4, -0.2) is 64.8 Å². The first-order valence-corrected chi connectivity index (χ1v) is 13.0. The molecule has 40 heavy (non-hydrogen) atoms. The summed E-state index contributed by atoms with van der Waals surface area (Å²) in [5.41, 5.74) is 7.60. The highest BCUT2D eigenvalue weighted by Gasteiger charge is 2.49. The first-order valence-electron chi connectivity index (χ1n) is 13.0. The van der Waals surface area contributed by atoms with E-state index in [1.165, 1.54) is 12.4 Å². The molecule has 3 N–H and O–H groups in total. The van der Waals surface area contributed by atoms with Gasteiger partial charge in [0.2, 0.25) is 11.7 Å². The van der Waals surface area contributed by atoms with Crippen molar-refractivity contribution in [3.63, 3.8) is 0 Å². The van der Waals surface area contributed by atoms with Crippen LogP contribution in [0.5, 0.6) is 5.88 Å². The number of piperidine rings is 1. The fraction of sp³-hybridized carbons (Fsp3) is 0.462. The minimum atomic E-state index is -4.68. The van der Waals surface area contributed by atoms with E-state index in [9.17, 15) is 18.4 Å². The summed E-state index contributed by atoms with van der Waals surface area (Å²) in [6.07, 6.45) is 5.32. The molecule has 208 valence electrons. The zero-order valence-electron chi connectivity index (χ0n) is 21.5. The number of aromatic nitrogens is 7. The molecule has 0 aromatic carbocycles. The Labute approximate surface area is 227 Å². The number of nitriles is 1. The fourth-order valence-corrected chi connectivity index (χ4v) is 5.74. The first-order chi connectivity index (χ1) is 19.3. The van der Waals surface area contributed by atoms with Gasteiger partial charge in [0.15, 0.2) is 0 Å². The van der Waals surface area contributed by atoms with Crippen molar-refractivity contribution in [3.05, 3.63) is 48.6 Å². The lowest BCUT2D eigenvalue weighted by molar-refractivity contribution is -0.145. The number of nitrogens with one attached hydrogen (secondary N) is 1. The first kappa shape index (κ1) is 26.1. The molecular formula is C26H27F3N10O. The second-order valence-corrected chi connectivity index (χ2v) is 10.3.